The number of allylic oxidation sites excluding steroid dienone is 1. The van der Waals surface area contributed by atoms with E-state index < -0.39 is 5.91 Å². The SMILES string of the molecule is C=C(C)c1c(C)c2cnc(Nc3ccc(OCc4ccc(/C=C/C(=O)NO)cn4)cn3)nc2n(C2CCCC2)c1=O. The van der Waals surface area contributed by atoms with Gasteiger partial charge >= 0.3 is 0 Å². The summed E-state index contributed by atoms with van der Waals surface area (Å²) >= 11 is 0. The lowest BCUT2D eigenvalue weighted by Crippen LogP contribution is -2.28. The zero-order valence-electron chi connectivity index (χ0n) is 22.9. The van der Waals surface area contributed by atoms with Crippen molar-refractivity contribution in [3.8, 4) is 5.75 Å². The van der Waals surface area contributed by atoms with Crippen molar-refractivity contribution in [2.24, 2.45) is 0 Å². The minimum Gasteiger partial charge on any atom is -0.486 e. The highest BCUT2D eigenvalue weighted by Gasteiger charge is 2.24. The van der Waals surface area contributed by atoms with Gasteiger partial charge in [-0.05, 0) is 67.7 Å². The van der Waals surface area contributed by atoms with Gasteiger partial charge in [0, 0.05) is 35.5 Å². The number of pyridine rings is 3. The molecule has 210 valence electrons. The van der Waals surface area contributed by atoms with Crippen LogP contribution in [0.1, 0.15) is 61.0 Å². The van der Waals surface area contributed by atoms with Crippen molar-refractivity contribution in [1.82, 2.24) is 30.0 Å². The van der Waals surface area contributed by atoms with E-state index in [2.05, 4.69) is 26.8 Å². The standard InChI is InChI=1S/C30H31N7O4/c1-18(2)27-19(3)24-16-33-30(35-28(24)37(29(27)39)22-6-4-5-7-22)34-25-12-11-23(15-32-25)41-17-21-10-8-20(14-31-21)9-13-26(38)36-40/h8-16,22,40H,1,4-7,17H2,2-3H3,(H,36,38)(H,32,33,34,35)/b13-9+. The maximum absolute atomic E-state index is 13.6. The number of fused-ring (bicyclic) bond motifs is 1. The Morgan fingerprint density at radius 1 is 1.15 bits per heavy atom. The van der Waals surface area contributed by atoms with Crippen LogP contribution in [-0.4, -0.2) is 35.6 Å². The number of anilines is 2. The Kier molecular flexibility index (Phi) is 8.16. The molecule has 11 heteroatoms. The molecule has 0 atom stereocenters. The summed E-state index contributed by atoms with van der Waals surface area (Å²) in [7, 11) is 0. The molecule has 1 amide bonds. The molecule has 4 heterocycles. The zero-order chi connectivity index (χ0) is 28.9. The molecule has 0 aromatic carbocycles. The van der Waals surface area contributed by atoms with Gasteiger partial charge in [0.25, 0.3) is 11.5 Å². The minimum atomic E-state index is -0.619. The molecule has 41 heavy (non-hydrogen) atoms. The van der Waals surface area contributed by atoms with Crippen LogP contribution in [0, 0.1) is 6.92 Å². The monoisotopic (exact) mass is 553 g/mol. The number of aryl methyl sites for hydroxylation is 1. The van der Waals surface area contributed by atoms with E-state index in [1.807, 2.05) is 18.4 Å². The van der Waals surface area contributed by atoms with E-state index in [0.717, 1.165) is 42.2 Å². The van der Waals surface area contributed by atoms with E-state index in [1.54, 1.807) is 42.9 Å². The molecule has 11 nitrogen and oxygen atoms in total. The van der Waals surface area contributed by atoms with Crippen LogP contribution in [0.4, 0.5) is 11.8 Å². The lowest BCUT2D eigenvalue weighted by Gasteiger charge is -2.20. The first-order chi connectivity index (χ1) is 19.8. The first-order valence-corrected chi connectivity index (χ1v) is 13.3. The highest BCUT2D eigenvalue weighted by molar-refractivity contribution is 5.90. The first-order valence-electron chi connectivity index (χ1n) is 13.3. The molecule has 0 spiro atoms. The summed E-state index contributed by atoms with van der Waals surface area (Å²) in [5.74, 6) is 0.815. The summed E-state index contributed by atoms with van der Waals surface area (Å²) in [4.78, 5) is 42.6. The summed E-state index contributed by atoms with van der Waals surface area (Å²) < 4.78 is 7.63. The van der Waals surface area contributed by atoms with E-state index >= 15 is 0 Å². The van der Waals surface area contributed by atoms with Crippen LogP contribution in [0.15, 0.2) is 60.3 Å². The fraction of sp³-hybridized carbons (Fsp3) is 0.267. The molecule has 5 rings (SSSR count). The van der Waals surface area contributed by atoms with Gasteiger partial charge in [0.2, 0.25) is 5.95 Å². The van der Waals surface area contributed by atoms with Crippen molar-refractivity contribution < 1.29 is 14.7 Å². The maximum Gasteiger partial charge on any atom is 0.267 e. The summed E-state index contributed by atoms with van der Waals surface area (Å²) in [6, 6.07) is 7.21. The fourth-order valence-corrected chi connectivity index (χ4v) is 5.04. The van der Waals surface area contributed by atoms with Crippen LogP contribution in [0.5, 0.6) is 5.75 Å². The van der Waals surface area contributed by atoms with Crippen molar-refractivity contribution >= 4 is 40.4 Å². The average molecular weight is 554 g/mol. The number of carbonyl (C=O) groups excluding carboxylic acids is 1. The number of rotatable bonds is 9. The minimum absolute atomic E-state index is 0.0478. The van der Waals surface area contributed by atoms with Crippen LogP contribution < -0.4 is 21.1 Å². The number of hydroxylamine groups is 1. The van der Waals surface area contributed by atoms with Gasteiger partial charge in [-0.1, -0.05) is 25.5 Å². The van der Waals surface area contributed by atoms with E-state index in [9.17, 15) is 9.59 Å². The van der Waals surface area contributed by atoms with Crippen LogP contribution in [0.25, 0.3) is 22.7 Å². The van der Waals surface area contributed by atoms with Crippen molar-refractivity contribution in [2.45, 2.75) is 52.2 Å². The average Bonchev–Trinajstić information content (AvgIpc) is 3.50. The lowest BCUT2D eigenvalue weighted by atomic mass is 10.0. The topological polar surface area (TPSA) is 144 Å². The highest BCUT2D eigenvalue weighted by atomic mass is 16.5. The molecule has 0 unspecified atom stereocenters. The first kappa shape index (κ1) is 27.7. The Labute approximate surface area is 236 Å². The molecule has 3 N–H and O–H groups in total. The van der Waals surface area contributed by atoms with Crippen LogP contribution in [-0.2, 0) is 11.4 Å². The number of hydrogen-bond donors (Lipinski definition) is 3. The Morgan fingerprint density at radius 3 is 2.61 bits per heavy atom. The summed E-state index contributed by atoms with van der Waals surface area (Å²) in [6.07, 6.45) is 11.8. The highest BCUT2D eigenvalue weighted by Crippen LogP contribution is 2.32. The van der Waals surface area contributed by atoms with Crippen molar-refractivity contribution in [3.63, 3.8) is 0 Å². The molecule has 0 radical (unpaired) electrons. The third-order valence-electron chi connectivity index (χ3n) is 7.07. The smallest absolute Gasteiger partial charge is 0.267 e. The molecular formula is C30H31N7O4. The molecule has 0 bridgehead atoms. The normalized spacial score (nSPS) is 13.5. The summed E-state index contributed by atoms with van der Waals surface area (Å²) in [6.45, 7) is 8.05. The van der Waals surface area contributed by atoms with E-state index in [4.69, 9.17) is 14.9 Å². The lowest BCUT2D eigenvalue weighted by molar-refractivity contribution is -0.124. The molecule has 1 fully saturated rings. The molecule has 1 aliphatic rings. The zero-order valence-corrected chi connectivity index (χ0v) is 22.9. The number of amides is 1. The number of carbonyl (C=O) groups is 1. The molecule has 0 aliphatic heterocycles. The van der Waals surface area contributed by atoms with Gasteiger partial charge < -0.3 is 10.1 Å². The van der Waals surface area contributed by atoms with Gasteiger partial charge in [-0.15, -0.1) is 0 Å². The molecule has 1 saturated carbocycles. The van der Waals surface area contributed by atoms with Gasteiger partial charge in [-0.3, -0.25) is 24.3 Å². The second-order valence-electron chi connectivity index (χ2n) is 10.0. The molecule has 0 saturated heterocycles. The van der Waals surface area contributed by atoms with Crippen molar-refractivity contribution in [2.75, 3.05) is 5.32 Å². The van der Waals surface area contributed by atoms with Gasteiger partial charge in [0.15, 0.2) is 0 Å². The van der Waals surface area contributed by atoms with Crippen LogP contribution in [0.3, 0.4) is 0 Å². The summed E-state index contributed by atoms with van der Waals surface area (Å²) in [5, 5.41) is 12.5. The Morgan fingerprint density at radius 2 is 1.95 bits per heavy atom. The number of hydrogen-bond acceptors (Lipinski definition) is 9. The number of nitrogens with one attached hydrogen (secondary N) is 2. The van der Waals surface area contributed by atoms with Crippen LogP contribution in [0.2, 0.25) is 0 Å². The molecule has 4 aromatic rings. The van der Waals surface area contributed by atoms with Gasteiger partial charge in [-0.2, -0.15) is 4.98 Å². The van der Waals surface area contributed by atoms with Crippen molar-refractivity contribution in [3.05, 3.63) is 88.2 Å². The third-order valence-corrected chi connectivity index (χ3v) is 7.07. The van der Waals surface area contributed by atoms with Gasteiger partial charge in [0.1, 0.15) is 23.8 Å². The number of aromatic nitrogens is 5. The van der Waals surface area contributed by atoms with Crippen molar-refractivity contribution in [1.29, 1.82) is 0 Å². The van der Waals surface area contributed by atoms with Gasteiger partial charge in [-0.25, -0.2) is 15.4 Å². The Hall–Kier alpha value is -4.90. The molecular weight excluding hydrogens is 522 g/mol. The quantitative estimate of drug-likeness (QED) is 0.150. The summed E-state index contributed by atoms with van der Waals surface area (Å²) in [5.41, 5.74) is 5.72. The second-order valence-corrected chi connectivity index (χ2v) is 10.0. The fourth-order valence-electron chi connectivity index (χ4n) is 5.04. The molecule has 4 aromatic heterocycles. The Balaban J connectivity index is 1.30. The largest absolute Gasteiger partial charge is 0.486 e. The molecule has 1 aliphatic carbocycles. The van der Waals surface area contributed by atoms with E-state index in [-0.39, 0.29) is 18.2 Å². The second kappa shape index (κ2) is 12.1. The predicted molar refractivity (Wildman–Crippen MR) is 156 cm³/mol. The van der Waals surface area contributed by atoms with E-state index in [0.29, 0.717) is 40.0 Å². The van der Waals surface area contributed by atoms with Gasteiger partial charge in [0.05, 0.1) is 11.9 Å². The van der Waals surface area contributed by atoms with Crippen LogP contribution >= 0.6 is 0 Å². The Bertz CT molecular complexity index is 1670. The maximum atomic E-state index is 13.6. The number of ether oxygens (including phenoxy) is 1. The van der Waals surface area contributed by atoms with E-state index in [1.165, 1.54) is 17.6 Å². The predicted octanol–water partition coefficient (Wildman–Crippen LogP) is 4.88. The number of nitrogens with zero attached hydrogens (tertiary/aromatic N) is 5. The third kappa shape index (κ3) is 6.15.